The van der Waals surface area contributed by atoms with Gasteiger partial charge in [0.05, 0.1) is 0 Å². The molecule has 3 nitrogen and oxygen atoms in total. The van der Waals surface area contributed by atoms with Crippen molar-refractivity contribution in [2.45, 2.75) is 45.2 Å². The largest absolute Gasteiger partial charge is 0.353 e. The van der Waals surface area contributed by atoms with E-state index in [9.17, 15) is 4.79 Å². The average molecular weight is 240 g/mol. The zero-order chi connectivity index (χ0) is 12.0. The molecule has 1 aromatic heterocycles. The molecule has 0 bridgehead atoms. The van der Waals surface area contributed by atoms with E-state index in [1.165, 1.54) is 5.56 Å². The van der Waals surface area contributed by atoms with Crippen molar-refractivity contribution in [3.63, 3.8) is 0 Å². The van der Waals surface area contributed by atoms with E-state index in [1.807, 2.05) is 13.8 Å². The van der Waals surface area contributed by atoms with Crippen LogP contribution in [0.25, 0.3) is 0 Å². The van der Waals surface area contributed by atoms with Gasteiger partial charge in [0.1, 0.15) is 0 Å². The van der Waals surface area contributed by atoms with Gasteiger partial charge < -0.3 is 11.1 Å². The van der Waals surface area contributed by atoms with Crippen LogP contribution in [0.5, 0.6) is 0 Å². The Hall–Kier alpha value is -0.870. The normalized spacial score (nSPS) is 14.4. The van der Waals surface area contributed by atoms with Gasteiger partial charge in [0, 0.05) is 18.5 Å². The van der Waals surface area contributed by atoms with Crippen molar-refractivity contribution >= 4 is 17.2 Å². The van der Waals surface area contributed by atoms with Gasteiger partial charge in [0.15, 0.2) is 0 Å². The molecule has 2 atom stereocenters. The lowest BCUT2D eigenvalue weighted by Crippen LogP contribution is -2.37. The van der Waals surface area contributed by atoms with Crippen molar-refractivity contribution < 1.29 is 4.79 Å². The van der Waals surface area contributed by atoms with Crippen molar-refractivity contribution in [1.29, 1.82) is 0 Å². The van der Waals surface area contributed by atoms with E-state index in [4.69, 9.17) is 5.73 Å². The third-order valence-electron chi connectivity index (χ3n) is 2.50. The summed E-state index contributed by atoms with van der Waals surface area (Å²) in [6, 6.07) is 2.24. The van der Waals surface area contributed by atoms with Crippen LogP contribution in [0.3, 0.4) is 0 Å². The summed E-state index contributed by atoms with van der Waals surface area (Å²) in [5, 5.41) is 7.13. The van der Waals surface area contributed by atoms with Crippen molar-refractivity contribution in [2.75, 3.05) is 0 Å². The Morgan fingerprint density at radius 3 is 2.94 bits per heavy atom. The first-order chi connectivity index (χ1) is 7.61. The Kier molecular flexibility index (Phi) is 5.49. The zero-order valence-electron chi connectivity index (χ0n) is 9.90. The minimum absolute atomic E-state index is 0.0200. The number of nitrogens with one attached hydrogen (secondary N) is 1. The predicted octanol–water partition coefficient (Wildman–Crippen LogP) is 1.92. The van der Waals surface area contributed by atoms with E-state index in [-0.39, 0.29) is 18.0 Å². The SMILES string of the molecule is CCC(N)CC(=O)NC(C)Cc1ccsc1. The summed E-state index contributed by atoms with van der Waals surface area (Å²) >= 11 is 1.68. The molecule has 4 heteroatoms. The van der Waals surface area contributed by atoms with Gasteiger partial charge >= 0.3 is 0 Å². The fourth-order valence-corrected chi connectivity index (χ4v) is 2.21. The van der Waals surface area contributed by atoms with Crippen molar-refractivity contribution in [3.8, 4) is 0 Å². The summed E-state index contributed by atoms with van der Waals surface area (Å²) in [6.07, 6.45) is 2.15. The van der Waals surface area contributed by atoms with Gasteiger partial charge in [-0.2, -0.15) is 11.3 Å². The molecule has 0 fully saturated rings. The lowest BCUT2D eigenvalue weighted by atomic mass is 10.1. The second-order valence-corrected chi connectivity index (χ2v) is 4.96. The Bertz CT molecular complexity index is 311. The van der Waals surface area contributed by atoms with Crippen LogP contribution in [0, 0.1) is 0 Å². The molecule has 0 saturated heterocycles. The molecule has 3 N–H and O–H groups in total. The molecule has 0 aliphatic heterocycles. The van der Waals surface area contributed by atoms with E-state index in [2.05, 4.69) is 22.1 Å². The smallest absolute Gasteiger partial charge is 0.221 e. The van der Waals surface area contributed by atoms with Crippen LogP contribution in [-0.2, 0) is 11.2 Å². The highest BCUT2D eigenvalue weighted by Gasteiger charge is 2.11. The third-order valence-corrected chi connectivity index (χ3v) is 3.23. The Labute approximate surface area is 101 Å². The fourth-order valence-electron chi connectivity index (χ4n) is 1.53. The first-order valence-corrected chi connectivity index (χ1v) is 6.62. The van der Waals surface area contributed by atoms with E-state index in [1.54, 1.807) is 11.3 Å². The molecule has 1 amide bonds. The van der Waals surface area contributed by atoms with E-state index >= 15 is 0 Å². The number of hydrogen-bond acceptors (Lipinski definition) is 3. The number of rotatable bonds is 6. The maximum Gasteiger partial charge on any atom is 0.221 e. The monoisotopic (exact) mass is 240 g/mol. The predicted molar refractivity (Wildman–Crippen MR) is 68.5 cm³/mol. The molecule has 1 rings (SSSR count). The maximum atomic E-state index is 11.6. The molecule has 0 aliphatic rings. The molecular weight excluding hydrogens is 220 g/mol. The minimum Gasteiger partial charge on any atom is -0.353 e. The molecule has 2 unspecified atom stereocenters. The van der Waals surface area contributed by atoms with E-state index < -0.39 is 0 Å². The molecule has 90 valence electrons. The van der Waals surface area contributed by atoms with Gasteiger partial charge in [0.2, 0.25) is 5.91 Å². The lowest BCUT2D eigenvalue weighted by molar-refractivity contribution is -0.122. The van der Waals surface area contributed by atoms with E-state index in [0.29, 0.717) is 6.42 Å². The lowest BCUT2D eigenvalue weighted by Gasteiger charge is -2.15. The maximum absolute atomic E-state index is 11.6. The van der Waals surface area contributed by atoms with Crippen molar-refractivity contribution in [2.24, 2.45) is 5.73 Å². The highest BCUT2D eigenvalue weighted by atomic mass is 32.1. The summed E-state index contributed by atoms with van der Waals surface area (Å²) in [6.45, 7) is 4.01. The first-order valence-electron chi connectivity index (χ1n) is 5.67. The Balaban J connectivity index is 2.28. The van der Waals surface area contributed by atoms with Gasteiger partial charge in [-0.25, -0.2) is 0 Å². The Morgan fingerprint density at radius 1 is 1.62 bits per heavy atom. The Morgan fingerprint density at radius 2 is 2.38 bits per heavy atom. The number of hydrogen-bond donors (Lipinski definition) is 2. The molecule has 0 saturated carbocycles. The van der Waals surface area contributed by atoms with Gasteiger partial charge in [-0.1, -0.05) is 6.92 Å². The third kappa shape index (κ3) is 4.77. The molecular formula is C12H20N2OS. The van der Waals surface area contributed by atoms with E-state index in [0.717, 1.165) is 12.8 Å². The molecule has 0 aliphatic carbocycles. The van der Waals surface area contributed by atoms with Crippen molar-refractivity contribution in [1.82, 2.24) is 5.32 Å². The second-order valence-electron chi connectivity index (χ2n) is 4.18. The molecule has 16 heavy (non-hydrogen) atoms. The summed E-state index contributed by atoms with van der Waals surface area (Å²) in [5.74, 6) is 0.0529. The van der Waals surface area contributed by atoms with Crippen LogP contribution >= 0.6 is 11.3 Å². The topological polar surface area (TPSA) is 55.1 Å². The standard InChI is InChI=1S/C12H20N2OS/c1-3-11(13)7-12(15)14-9(2)6-10-4-5-16-8-10/h4-5,8-9,11H,3,6-7,13H2,1-2H3,(H,14,15). The summed E-state index contributed by atoms with van der Waals surface area (Å²) in [7, 11) is 0. The number of amides is 1. The number of thiophene rings is 1. The number of nitrogens with two attached hydrogens (primary N) is 1. The van der Waals surface area contributed by atoms with Gasteiger partial charge in [-0.3, -0.25) is 4.79 Å². The number of carbonyl (C=O) groups excluding carboxylic acids is 1. The first kappa shape index (κ1) is 13.2. The second kappa shape index (κ2) is 6.66. The quantitative estimate of drug-likeness (QED) is 0.798. The fraction of sp³-hybridized carbons (Fsp3) is 0.583. The minimum atomic E-state index is -0.0200. The summed E-state index contributed by atoms with van der Waals surface area (Å²) in [5.41, 5.74) is 7.00. The van der Waals surface area contributed by atoms with Crippen LogP contribution in [0.15, 0.2) is 16.8 Å². The summed E-state index contributed by atoms with van der Waals surface area (Å²) < 4.78 is 0. The highest BCUT2D eigenvalue weighted by molar-refractivity contribution is 7.07. The van der Waals surface area contributed by atoms with Crippen LogP contribution in [-0.4, -0.2) is 18.0 Å². The number of carbonyl (C=O) groups is 1. The summed E-state index contributed by atoms with van der Waals surface area (Å²) in [4.78, 5) is 11.6. The molecule has 0 radical (unpaired) electrons. The molecule has 0 spiro atoms. The van der Waals surface area contributed by atoms with Crippen molar-refractivity contribution in [3.05, 3.63) is 22.4 Å². The molecule has 1 aromatic rings. The van der Waals surface area contributed by atoms with Crippen LogP contribution in [0.4, 0.5) is 0 Å². The molecule has 0 aromatic carbocycles. The van der Waals surface area contributed by atoms with Crippen LogP contribution in [0.1, 0.15) is 32.3 Å². The van der Waals surface area contributed by atoms with Gasteiger partial charge in [-0.15, -0.1) is 0 Å². The zero-order valence-corrected chi connectivity index (χ0v) is 10.7. The van der Waals surface area contributed by atoms with Crippen LogP contribution < -0.4 is 11.1 Å². The molecule has 1 heterocycles. The van der Waals surface area contributed by atoms with Gasteiger partial charge in [0.25, 0.3) is 0 Å². The van der Waals surface area contributed by atoms with Crippen LogP contribution in [0.2, 0.25) is 0 Å². The average Bonchev–Trinajstić information content (AvgIpc) is 2.69. The van der Waals surface area contributed by atoms with Gasteiger partial charge in [-0.05, 0) is 42.2 Å². The highest BCUT2D eigenvalue weighted by Crippen LogP contribution is 2.08.